The third-order valence-electron chi connectivity index (χ3n) is 3.02. The number of nitrogens with one attached hydrogen (secondary N) is 1. The van der Waals surface area contributed by atoms with Gasteiger partial charge >= 0.3 is 0 Å². The summed E-state index contributed by atoms with van der Waals surface area (Å²) in [4.78, 5) is 0. The first kappa shape index (κ1) is 15.9. The van der Waals surface area contributed by atoms with E-state index in [0.29, 0.717) is 5.92 Å². The molecule has 0 spiro atoms. The van der Waals surface area contributed by atoms with Crippen molar-refractivity contribution in [2.75, 3.05) is 13.1 Å². The Labute approximate surface area is 122 Å². The van der Waals surface area contributed by atoms with E-state index in [1.807, 2.05) is 0 Å². The van der Waals surface area contributed by atoms with Crippen molar-refractivity contribution >= 4 is 24.0 Å². The molecule has 0 heterocycles. The lowest BCUT2D eigenvalue weighted by Gasteiger charge is -2.25. The number of benzene rings is 1. The molecule has 0 bridgehead atoms. The van der Waals surface area contributed by atoms with Crippen LogP contribution in [0, 0.1) is 0 Å². The van der Waals surface area contributed by atoms with Crippen LogP contribution in [0.5, 0.6) is 0 Å². The van der Waals surface area contributed by atoms with Crippen LogP contribution in [0.4, 0.5) is 0 Å². The molecule has 1 N–H and O–H groups in total. The van der Waals surface area contributed by atoms with Crippen molar-refractivity contribution in [3.63, 3.8) is 0 Å². The van der Waals surface area contributed by atoms with Gasteiger partial charge in [-0.2, -0.15) is 0 Å². The summed E-state index contributed by atoms with van der Waals surface area (Å²) < 4.78 is 1.17. The summed E-state index contributed by atoms with van der Waals surface area (Å²) in [6.07, 6.45) is 1.21. The Bertz CT molecular complexity index is 343. The Morgan fingerprint density at radius 1 is 1.17 bits per heavy atom. The van der Waals surface area contributed by atoms with Crippen molar-refractivity contribution in [3.05, 3.63) is 34.3 Å². The van der Waals surface area contributed by atoms with E-state index in [9.17, 15) is 0 Å². The molecule has 0 aliphatic carbocycles. The standard InChI is InChI=1S/C15H26BrNSi/c1-5-10-17-11-14(12-18(2,3)4)13-6-8-15(16)9-7-13/h6-9,14,17H,5,10-12H2,1-4H3. The highest BCUT2D eigenvalue weighted by molar-refractivity contribution is 9.10. The van der Waals surface area contributed by atoms with Gasteiger partial charge in [-0.25, -0.2) is 0 Å². The Morgan fingerprint density at radius 3 is 2.28 bits per heavy atom. The first-order valence-electron chi connectivity index (χ1n) is 6.88. The average molecular weight is 328 g/mol. The molecular formula is C15H26BrNSi. The van der Waals surface area contributed by atoms with E-state index in [0.717, 1.165) is 13.1 Å². The minimum absolute atomic E-state index is 0.663. The topological polar surface area (TPSA) is 12.0 Å². The zero-order chi connectivity index (χ0) is 13.6. The highest BCUT2D eigenvalue weighted by Crippen LogP contribution is 2.27. The second-order valence-electron chi connectivity index (χ2n) is 6.22. The van der Waals surface area contributed by atoms with Crippen LogP contribution in [0.3, 0.4) is 0 Å². The Hall–Kier alpha value is -0.123. The second kappa shape index (κ2) is 7.46. The maximum Gasteiger partial charge on any atom is 0.0449 e. The van der Waals surface area contributed by atoms with Gasteiger partial charge in [0, 0.05) is 19.1 Å². The van der Waals surface area contributed by atoms with Crippen LogP contribution < -0.4 is 5.32 Å². The molecule has 0 saturated carbocycles. The third-order valence-corrected chi connectivity index (χ3v) is 5.26. The molecular weight excluding hydrogens is 302 g/mol. The van der Waals surface area contributed by atoms with Crippen molar-refractivity contribution < 1.29 is 0 Å². The molecule has 1 aromatic rings. The molecule has 102 valence electrons. The van der Waals surface area contributed by atoms with Gasteiger partial charge in [0.15, 0.2) is 0 Å². The van der Waals surface area contributed by atoms with E-state index in [1.54, 1.807) is 0 Å². The van der Waals surface area contributed by atoms with Crippen molar-refractivity contribution in [1.82, 2.24) is 5.32 Å². The fourth-order valence-electron chi connectivity index (χ4n) is 2.24. The van der Waals surface area contributed by atoms with Gasteiger partial charge in [0.1, 0.15) is 0 Å². The van der Waals surface area contributed by atoms with Crippen LogP contribution in [0.1, 0.15) is 24.8 Å². The summed E-state index contributed by atoms with van der Waals surface area (Å²) in [5, 5.41) is 3.58. The molecule has 0 saturated heterocycles. The summed E-state index contributed by atoms with van der Waals surface area (Å²) in [6.45, 7) is 11.8. The Kier molecular flexibility index (Phi) is 6.61. The first-order valence-corrected chi connectivity index (χ1v) is 11.4. The largest absolute Gasteiger partial charge is 0.316 e. The molecule has 1 rings (SSSR count). The molecule has 0 amide bonds. The fourth-order valence-corrected chi connectivity index (χ4v) is 4.36. The van der Waals surface area contributed by atoms with Crippen molar-refractivity contribution in [2.24, 2.45) is 0 Å². The monoisotopic (exact) mass is 327 g/mol. The van der Waals surface area contributed by atoms with Crippen molar-refractivity contribution in [1.29, 1.82) is 0 Å². The minimum atomic E-state index is -1.03. The van der Waals surface area contributed by atoms with Gasteiger partial charge in [0.25, 0.3) is 0 Å². The molecule has 0 fully saturated rings. The van der Waals surface area contributed by atoms with Gasteiger partial charge in [-0.15, -0.1) is 0 Å². The molecule has 1 unspecified atom stereocenters. The molecule has 0 radical (unpaired) electrons. The quantitative estimate of drug-likeness (QED) is 0.556. The summed E-state index contributed by atoms with van der Waals surface area (Å²) in [5.74, 6) is 0.663. The van der Waals surface area contributed by atoms with Gasteiger partial charge in [-0.3, -0.25) is 0 Å². The average Bonchev–Trinajstić information content (AvgIpc) is 2.27. The predicted octanol–water partition coefficient (Wildman–Crippen LogP) is 4.87. The normalized spacial score (nSPS) is 13.6. The minimum Gasteiger partial charge on any atom is -0.316 e. The van der Waals surface area contributed by atoms with E-state index < -0.39 is 8.07 Å². The number of halogens is 1. The van der Waals surface area contributed by atoms with Gasteiger partial charge in [0.05, 0.1) is 0 Å². The Balaban J connectivity index is 2.72. The van der Waals surface area contributed by atoms with Crippen LogP contribution >= 0.6 is 15.9 Å². The lowest BCUT2D eigenvalue weighted by Crippen LogP contribution is -2.29. The molecule has 0 aromatic heterocycles. The second-order valence-corrected chi connectivity index (χ2v) is 12.7. The van der Waals surface area contributed by atoms with Gasteiger partial charge in [0.2, 0.25) is 0 Å². The summed E-state index contributed by atoms with van der Waals surface area (Å²) in [5.41, 5.74) is 1.48. The Morgan fingerprint density at radius 2 is 1.78 bits per heavy atom. The highest BCUT2D eigenvalue weighted by atomic mass is 79.9. The van der Waals surface area contributed by atoms with Crippen LogP contribution in [-0.4, -0.2) is 21.2 Å². The molecule has 0 aliphatic rings. The van der Waals surface area contributed by atoms with E-state index in [4.69, 9.17) is 0 Å². The number of hydrogen-bond acceptors (Lipinski definition) is 1. The maximum atomic E-state index is 3.58. The smallest absolute Gasteiger partial charge is 0.0449 e. The van der Waals surface area contributed by atoms with Gasteiger partial charge in [-0.05, 0) is 42.6 Å². The van der Waals surface area contributed by atoms with E-state index in [-0.39, 0.29) is 0 Å². The highest BCUT2D eigenvalue weighted by Gasteiger charge is 2.21. The molecule has 0 aliphatic heterocycles. The molecule has 18 heavy (non-hydrogen) atoms. The maximum absolute atomic E-state index is 3.58. The lowest BCUT2D eigenvalue weighted by molar-refractivity contribution is 0.604. The van der Waals surface area contributed by atoms with Gasteiger partial charge < -0.3 is 5.32 Å². The number of rotatable bonds is 7. The molecule has 1 atom stereocenters. The fraction of sp³-hybridized carbons (Fsp3) is 0.600. The molecule has 3 heteroatoms. The third kappa shape index (κ3) is 6.16. The van der Waals surface area contributed by atoms with Gasteiger partial charge in [-0.1, -0.05) is 54.6 Å². The van der Waals surface area contributed by atoms with Crippen molar-refractivity contribution in [3.8, 4) is 0 Å². The predicted molar refractivity (Wildman–Crippen MR) is 88.2 cm³/mol. The zero-order valence-electron chi connectivity index (χ0n) is 12.1. The van der Waals surface area contributed by atoms with E-state index in [2.05, 4.69) is 72.1 Å². The first-order chi connectivity index (χ1) is 8.42. The van der Waals surface area contributed by atoms with Crippen LogP contribution in [0.15, 0.2) is 28.7 Å². The molecule has 1 aromatic carbocycles. The lowest BCUT2D eigenvalue weighted by atomic mass is 10.0. The summed E-state index contributed by atoms with van der Waals surface area (Å²) in [7, 11) is -1.03. The summed E-state index contributed by atoms with van der Waals surface area (Å²) in [6, 6.07) is 10.2. The number of hydrogen-bond donors (Lipinski definition) is 1. The van der Waals surface area contributed by atoms with E-state index in [1.165, 1.54) is 22.5 Å². The summed E-state index contributed by atoms with van der Waals surface area (Å²) >= 11 is 3.51. The van der Waals surface area contributed by atoms with Crippen molar-refractivity contribution in [2.45, 2.75) is 44.9 Å². The van der Waals surface area contributed by atoms with E-state index >= 15 is 0 Å². The van der Waals surface area contributed by atoms with Crippen LogP contribution in [0.2, 0.25) is 25.7 Å². The SMILES string of the molecule is CCCNCC(C[Si](C)(C)C)c1ccc(Br)cc1. The van der Waals surface area contributed by atoms with Crippen LogP contribution in [-0.2, 0) is 0 Å². The zero-order valence-corrected chi connectivity index (χ0v) is 14.7. The molecule has 1 nitrogen and oxygen atoms in total. The van der Waals surface area contributed by atoms with Crippen LogP contribution in [0.25, 0.3) is 0 Å².